The highest BCUT2D eigenvalue weighted by Crippen LogP contribution is 2.41. The van der Waals surface area contributed by atoms with E-state index in [2.05, 4.69) is 29.4 Å². The predicted octanol–water partition coefficient (Wildman–Crippen LogP) is 6.33. The maximum absolute atomic E-state index is 14.1. The number of ether oxygens (including phenoxy) is 1. The minimum absolute atomic E-state index is 0.151. The average molecular weight is 407 g/mol. The van der Waals surface area contributed by atoms with Crippen LogP contribution in [-0.2, 0) is 13.2 Å². The Labute approximate surface area is 173 Å². The zero-order valence-corrected chi connectivity index (χ0v) is 16.6. The van der Waals surface area contributed by atoms with Gasteiger partial charge in [0.05, 0.1) is 18.3 Å². The molecule has 1 fully saturated rings. The summed E-state index contributed by atoms with van der Waals surface area (Å²) in [6, 6.07) is 19.1. The Balaban J connectivity index is 1.45. The third-order valence-corrected chi connectivity index (χ3v) is 5.64. The lowest BCUT2D eigenvalue weighted by Crippen LogP contribution is -2.06. The molecule has 0 bridgehead atoms. The summed E-state index contributed by atoms with van der Waals surface area (Å²) in [6.45, 7) is 0.755. The first-order chi connectivity index (χ1) is 14.2. The van der Waals surface area contributed by atoms with Crippen LogP contribution in [0.15, 0.2) is 66.9 Å². The molecular formula is C24H20ClFN2O. The highest BCUT2D eigenvalue weighted by atomic mass is 35.5. The van der Waals surface area contributed by atoms with Gasteiger partial charge in [0.15, 0.2) is 0 Å². The van der Waals surface area contributed by atoms with E-state index in [1.807, 2.05) is 29.1 Å². The summed E-state index contributed by atoms with van der Waals surface area (Å²) in [5.41, 5.74) is 3.95. The molecule has 0 aliphatic heterocycles. The molecule has 146 valence electrons. The first-order valence-corrected chi connectivity index (χ1v) is 10.2. The van der Waals surface area contributed by atoms with Gasteiger partial charge in [-0.15, -0.1) is 0 Å². The molecule has 1 saturated carbocycles. The molecule has 5 heteroatoms. The van der Waals surface area contributed by atoms with Crippen molar-refractivity contribution in [1.82, 2.24) is 9.78 Å². The molecule has 3 nitrogen and oxygen atoms in total. The van der Waals surface area contributed by atoms with Crippen LogP contribution >= 0.6 is 11.6 Å². The van der Waals surface area contributed by atoms with Crippen molar-refractivity contribution in [2.45, 2.75) is 31.9 Å². The van der Waals surface area contributed by atoms with E-state index in [0.29, 0.717) is 23.0 Å². The van der Waals surface area contributed by atoms with Crippen LogP contribution < -0.4 is 4.74 Å². The highest BCUT2D eigenvalue weighted by molar-refractivity contribution is 6.30. The lowest BCUT2D eigenvalue weighted by atomic mass is 10.1. The van der Waals surface area contributed by atoms with Gasteiger partial charge in [-0.2, -0.15) is 5.10 Å². The van der Waals surface area contributed by atoms with E-state index in [9.17, 15) is 4.39 Å². The second-order valence-electron chi connectivity index (χ2n) is 7.53. The van der Waals surface area contributed by atoms with Crippen molar-refractivity contribution in [3.8, 4) is 5.75 Å². The zero-order chi connectivity index (χ0) is 19.8. The Bertz CT molecular complexity index is 1180. The van der Waals surface area contributed by atoms with Crippen LogP contribution in [0.4, 0.5) is 4.39 Å². The van der Waals surface area contributed by atoms with E-state index < -0.39 is 0 Å². The number of nitrogens with zero attached hydrogens (tertiary/aromatic N) is 2. The number of rotatable bonds is 6. The van der Waals surface area contributed by atoms with Crippen LogP contribution in [0.2, 0.25) is 5.02 Å². The van der Waals surface area contributed by atoms with Crippen LogP contribution in [0.25, 0.3) is 10.9 Å². The number of fused-ring (bicyclic) bond motifs is 1. The third-order valence-electron chi connectivity index (χ3n) is 5.40. The molecule has 0 saturated heterocycles. The molecule has 0 N–H and O–H groups in total. The quantitative estimate of drug-likeness (QED) is 0.374. The Hall–Kier alpha value is -2.85. The van der Waals surface area contributed by atoms with Gasteiger partial charge in [0, 0.05) is 21.5 Å². The molecule has 0 unspecified atom stereocenters. The second-order valence-corrected chi connectivity index (χ2v) is 7.96. The Morgan fingerprint density at radius 2 is 1.90 bits per heavy atom. The van der Waals surface area contributed by atoms with Crippen molar-refractivity contribution in [3.05, 3.63) is 94.4 Å². The van der Waals surface area contributed by atoms with Crippen molar-refractivity contribution in [1.29, 1.82) is 0 Å². The average Bonchev–Trinajstić information content (AvgIpc) is 3.50. The summed E-state index contributed by atoms with van der Waals surface area (Å²) >= 11 is 5.85. The Morgan fingerprint density at radius 3 is 2.72 bits per heavy atom. The number of aromatic nitrogens is 2. The van der Waals surface area contributed by atoms with Crippen molar-refractivity contribution in [2.24, 2.45) is 0 Å². The van der Waals surface area contributed by atoms with Crippen LogP contribution in [0.5, 0.6) is 5.75 Å². The van der Waals surface area contributed by atoms with Crippen molar-refractivity contribution in [3.63, 3.8) is 0 Å². The van der Waals surface area contributed by atoms with Gasteiger partial charge >= 0.3 is 0 Å². The summed E-state index contributed by atoms with van der Waals surface area (Å²) in [7, 11) is 0. The molecule has 5 rings (SSSR count). The maximum atomic E-state index is 14.1. The largest absolute Gasteiger partial charge is 0.488 e. The van der Waals surface area contributed by atoms with Crippen LogP contribution in [-0.4, -0.2) is 9.78 Å². The van der Waals surface area contributed by atoms with Crippen LogP contribution in [0, 0.1) is 5.82 Å². The molecule has 0 radical (unpaired) electrons. The number of hydrogen-bond donors (Lipinski definition) is 0. The SMILES string of the molecule is Fc1cc(Cl)ccc1COc1ccc(C2CC2)cc1Cn1ncc2ccccc21. The maximum Gasteiger partial charge on any atom is 0.131 e. The number of para-hydroxylation sites is 1. The molecule has 29 heavy (non-hydrogen) atoms. The summed E-state index contributed by atoms with van der Waals surface area (Å²) in [4.78, 5) is 0. The molecule has 0 amide bonds. The third kappa shape index (κ3) is 3.85. The summed E-state index contributed by atoms with van der Waals surface area (Å²) in [5, 5.41) is 6.04. The fraction of sp³-hybridized carbons (Fsp3) is 0.208. The molecular weight excluding hydrogens is 387 g/mol. The second kappa shape index (κ2) is 7.53. The van der Waals surface area contributed by atoms with Gasteiger partial charge in [-0.25, -0.2) is 4.39 Å². The molecule has 1 aliphatic rings. The summed E-state index contributed by atoms with van der Waals surface area (Å²) in [6.07, 6.45) is 4.35. The zero-order valence-electron chi connectivity index (χ0n) is 15.8. The van der Waals surface area contributed by atoms with Gasteiger partial charge in [0.1, 0.15) is 18.2 Å². The van der Waals surface area contributed by atoms with Crippen LogP contribution in [0.1, 0.15) is 35.4 Å². The Morgan fingerprint density at radius 1 is 1.03 bits per heavy atom. The first kappa shape index (κ1) is 18.2. The van der Waals surface area contributed by atoms with E-state index in [4.69, 9.17) is 16.3 Å². The van der Waals surface area contributed by atoms with E-state index in [1.165, 1.54) is 24.5 Å². The first-order valence-electron chi connectivity index (χ1n) is 9.77. The van der Waals surface area contributed by atoms with E-state index in [1.54, 1.807) is 12.1 Å². The highest BCUT2D eigenvalue weighted by Gasteiger charge is 2.24. The minimum atomic E-state index is -0.355. The van der Waals surface area contributed by atoms with Crippen molar-refractivity contribution >= 4 is 22.5 Å². The summed E-state index contributed by atoms with van der Waals surface area (Å²) < 4.78 is 22.2. The van der Waals surface area contributed by atoms with Crippen molar-refractivity contribution < 1.29 is 9.13 Å². The van der Waals surface area contributed by atoms with Gasteiger partial charge in [0.2, 0.25) is 0 Å². The summed E-state index contributed by atoms with van der Waals surface area (Å²) in [5.74, 6) is 1.04. The molecule has 1 aliphatic carbocycles. The number of halogens is 2. The minimum Gasteiger partial charge on any atom is -0.488 e. The monoisotopic (exact) mass is 406 g/mol. The molecule has 0 spiro atoms. The molecule has 1 aromatic heterocycles. The van der Waals surface area contributed by atoms with Gasteiger partial charge in [-0.1, -0.05) is 41.9 Å². The molecule has 1 heterocycles. The molecule has 0 atom stereocenters. The normalized spacial score (nSPS) is 13.7. The van der Waals surface area contributed by atoms with Gasteiger partial charge < -0.3 is 4.74 Å². The topological polar surface area (TPSA) is 27.1 Å². The fourth-order valence-electron chi connectivity index (χ4n) is 3.64. The molecule has 4 aromatic rings. The van der Waals surface area contributed by atoms with Gasteiger partial charge in [-0.05, 0) is 54.7 Å². The number of benzene rings is 3. The lowest BCUT2D eigenvalue weighted by Gasteiger charge is -2.14. The standard InChI is InChI=1S/C24H20ClFN2O/c25-21-9-7-19(22(26)12-21)15-29-24-10-8-17(16-5-6-16)11-20(24)14-28-23-4-2-1-3-18(23)13-27-28/h1-4,7-13,16H,5-6,14-15H2. The van der Waals surface area contributed by atoms with E-state index in [0.717, 1.165) is 22.2 Å². The van der Waals surface area contributed by atoms with E-state index >= 15 is 0 Å². The van der Waals surface area contributed by atoms with Gasteiger partial charge in [0.25, 0.3) is 0 Å². The van der Waals surface area contributed by atoms with Gasteiger partial charge in [-0.3, -0.25) is 4.68 Å². The van der Waals surface area contributed by atoms with E-state index in [-0.39, 0.29) is 12.4 Å². The van der Waals surface area contributed by atoms with Crippen LogP contribution in [0.3, 0.4) is 0 Å². The smallest absolute Gasteiger partial charge is 0.131 e. The predicted molar refractivity (Wildman–Crippen MR) is 113 cm³/mol. The fourth-order valence-corrected chi connectivity index (χ4v) is 3.80. The Kier molecular flexibility index (Phi) is 4.72. The van der Waals surface area contributed by atoms with Crippen molar-refractivity contribution in [2.75, 3.05) is 0 Å². The lowest BCUT2D eigenvalue weighted by molar-refractivity contribution is 0.296. The number of hydrogen-bond acceptors (Lipinski definition) is 2. The molecule has 3 aromatic carbocycles.